The molecule has 0 spiro atoms. The summed E-state index contributed by atoms with van der Waals surface area (Å²) in [6.07, 6.45) is 1.46. The molecule has 0 saturated carbocycles. The maximum Gasteiger partial charge on any atom is 0.330 e. The number of ether oxygens (including phenoxy) is 1. The van der Waals surface area contributed by atoms with Crippen LogP contribution in [0.3, 0.4) is 0 Å². The predicted octanol–water partition coefficient (Wildman–Crippen LogP) is -1.42. The van der Waals surface area contributed by atoms with Gasteiger partial charge in [-0.3, -0.25) is 4.79 Å². The van der Waals surface area contributed by atoms with Crippen molar-refractivity contribution >= 4 is 11.9 Å². The number of amides is 1. The molecule has 112 valence electrons. The number of carbonyl (C=O) groups is 2. The summed E-state index contributed by atoms with van der Waals surface area (Å²) >= 11 is 0. The summed E-state index contributed by atoms with van der Waals surface area (Å²) in [5.41, 5.74) is 0. The highest BCUT2D eigenvalue weighted by molar-refractivity contribution is 5.84. The average Bonchev–Trinajstić information content (AvgIpc) is 3.14. The molecule has 0 saturated heterocycles. The van der Waals surface area contributed by atoms with Crippen molar-refractivity contribution in [1.29, 1.82) is 0 Å². The lowest BCUT2D eigenvalue weighted by Gasteiger charge is -2.13. The molecule has 2 aromatic rings. The van der Waals surface area contributed by atoms with E-state index in [2.05, 4.69) is 25.5 Å². The number of aliphatic hydroxyl groups is 1. The highest BCUT2D eigenvalue weighted by atomic mass is 16.5. The maximum absolute atomic E-state index is 11.7. The zero-order chi connectivity index (χ0) is 15.2. The monoisotopic (exact) mass is 295 g/mol. The quantitative estimate of drug-likeness (QED) is 0.621. The number of aliphatic hydroxyl groups excluding tert-OH is 1. The molecule has 2 aromatic heterocycles. The van der Waals surface area contributed by atoms with E-state index in [-0.39, 0.29) is 12.4 Å². The Hall–Kier alpha value is -2.75. The predicted molar refractivity (Wildman–Crippen MR) is 66.6 cm³/mol. The van der Waals surface area contributed by atoms with Gasteiger partial charge >= 0.3 is 5.97 Å². The van der Waals surface area contributed by atoms with Crippen molar-refractivity contribution in [3.8, 4) is 11.6 Å². The molecule has 0 bridgehead atoms. The molecule has 0 aliphatic rings. The molecule has 1 unspecified atom stereocenters. The molecule has 0 aromatic carbocycles. The number of aromatic nitrogens is 4. The van der Waals surface area contributed by atoms with Crippen molar-refractivity contribution in [2.24, 2.45) is 0 Å². The van der Waals surface area contributed by atoms with Crippen LogP contribution >= 0.6 is 0 Å². The minimum atomic E-state index is -1.13. The first-order valence-corrected chi connectivity index (χ1v) is 5.93. The van der Waals surface area contributed by atoms with Gasteiger partial charge in [0.15, 0.2) is 11.8 Å². The summed E-state index contributed by atoms with van der Waals surface area (Å²) in [5, 5.41) is 22.7. The molecule has 1 atom stereocenters. The summed E-state index contributed by atoms with van der Waals surface area (Å²) in [6, 6.07) is 2.20. The molecule has 10 heteroatoms. The third-order valence-electron chi connectivity index (χ3n) is 2.48. The molecule has 10 nitrogen and oxygen atoms in total. The smallest absolute Gasteiger partial charge is 0.330 e. The Morgan fingerprint density at radius 2 is 2.38 bits per heavy atom. The fraction of sp³-hybridized carbons (Fsp3) is 0.364. The lowest BCUT2D eigenvalue weighted by Crippen LogP contribution is -2.45. The van der Waals surface area contributed by atoms with E-state index in [0.717, 1.165) is 11.9 Å². The van der Waals surface area contributed by atoms with E-state index < -0.39 is 24.5 Å². The third kappa shape index (κ3) is 3.63. The van der Waals surface area contributed by atoms with Gasteiger partial charge in [-0.15, -0.1) is 10.2 Å². The summed E-state index contributed by atoms with van der Waals surface area (Å²) in [4.78, 5) is 24.0. The van der Waals surface area contributed by atoms with E-state index in [0.29, 0.717) is 5.76 Å². The number of methoxy groups -OCH3 is 1. The van der Waals surface area contributed by atoms with Gasteiger partial charge in [-0.05, 0) is 17.3 Å². The second-order valence-corrected chi connectivity index (χ2v) is 3.95. The number of carbonyl (C=O) groups excluding carboxylic acids is 2. The van der Waals surface area contributed by atoms with E-state index in [1.165, 1.54) is 6.26 Å². The first-order valence-electron chi connectivity index (χ1n) is 5.93. The Bertz CT molecular complexity index is 608. The number of hydrogen-bond donors (Lipinski definition) is 2. The Labute approximate surface area is 118 Å². The van der Waals surface area contributed by atoms with E-state index in [4.69, 9.17) is 9.52 Å². The molecule has 0 aliphatic carbocycles. The topological polar surface area (TPSA) is 132 Å². The van der Waals surface area contributed by atoms with Crippen molar-refractivity contribution in [2.75, 3.05) is 13.7 Å². The van der Waals surface area contributed by atoms with Crippen LogP contribution in [-0.2, 0) is 20.9 Å². The van der Waals surface area contributed by atoms with Gasteiger partial charge in [0.1, 0.15) is 6.54 Å². The van der Waals surface area contributed by atoms with E-state index in [1.54, 1.807) is 12.1 Å². The van der Waals surface area contributed by atoms with Gasteiger partial charge in [0.05, 0.1) is 20.0 Å². The Morgan fingerprint density at radius 3 is 3.00 bits per heavy atom. The van der Waals surface area contributed by atoms with Crippen LogP contribution in [0.15, 0.2) is 22.8 Å². The minimum absolute atomic E-state index is 0.236. The zero-order valence-corrected chi connectivity index (χ0v) is 11.1. The van der Waals surface area contributed by atoms with Gasteiger partial charge in [-0.1, -0.05) is 0 Å². The number of hydrogen-bond acceptors (Lipinski definition) is 8. The second-order valence-electron chi connectivity index (χ2n) is 3.95. The molecule has 0 aliphatic heterocycles. The lowest BCUT2D eigenvalue weighted by atomic mass is 10.3. The van der Waals surface area contributed by atoms with Gasteiger partial charge in [0.25, 0.3) is 0 Å². The first-order chi connectivity index (χ1) is 10.1. The highest BCUT2D eigenvalue weighted by Gasteiger charge is 2.21. The normalized spacial score (nSPS) is 11.9. The zero-order valence-electron chi connectivity index (χ0n) is 11.1. The number of esters is 1. The molecule has 21 heavy (non-hydrogen) atoms. The second kappa shape index (κ2) is 6.61. The summed E-state index contributed by atoms with van der Waals surface area (Å²) in [6.45, 7) is -0.831. The Morgan fingerprint density at radius 1 is 1.57 bits per heavy atom. The van der Waals surface area contributed by atoms with Gasteiger partial charge in [-0.2, -0.15) is 4.80 Å². The van der Waals surface area contributed by atoms with Gasteiger partial charge in [-0.25, -0.2) is 4.79 Å². The summed E-state index contributed by atoms with van der Waals surface area (Å²) < 4.78 is 9.52. The lowest BCUT2D eigenvalue weighted by molar-refractivity contribution is -0.146. The van der Waals surface area contributed by atoms with Crippen LogP contribution in [0.1, 0.15) is 0 Å². The number of tetrazole rings is 1. The van der Waals surface area contributed by atoms with Crippen molar-refractivity contribution in [3.63, 3.8) is 0 Å². The Kier molecular flexibility index (Phi) is 4.61. The molecule has 2 heterocycles. The van der Waals surface area contributed by atoms with Crippen molar-refractivity contribution in [1.82, 2.24) is 25.5 Å². The first kappa shape index (κ1) is 14.7. The van der Waals surface area contributed by atoms with Gasteiger partial charge in [0.2, 0.25) is 11.7 Å². The summed E-state index contributed by atoms with van der Waals surface area (Å²) in [5.74, 6) is -0.652. The van der Waals surface area contributed by atoms with Gasteiger partial charge < -0.3 is 19.6 Å². The fourth-order valence-corrected chi connectivity index (χ4v) is 1.50. The van der Waals surface area contributed by atoms with Crippen molar-refractivity contribution in [3.05, 3.63) is 18.4 Å². The van der Waals surface area contributed by atoms with Crippen molar-refractivity contribution < 1.29 is 23.8 Å². The van der Waals surface area contributed by atoms with Crippen LogP contribution in [0.25, 0.3) is 11.6 Å². The highest BCUT2D eigenvalue weighted by Crippen LogP contribution is 2.12. The Balaban J connectivity index is 1.95. The van der Waals surface area contributed by atoms with Crippen LogP contribution in [0.5, 0.6) is 0 Å². The maximum atomic E-state index is 11.7. The largest absolute Gasteiger partial charge is 0.467 e. The number of nitrogens with one attached hydrogen (secondary N) is 1. The third-order valence-corrected chi connectivity index (χ3v) is 2.48. The number of furan rings is 1. The SMILES string of the molecule is COC(=O)C(CO)NC(=O)Cn1nnc(-c2ccco2)n1. The number of nitrogens with zero attached hydrogens (tertiary/aromatic N) is 4. The molecular weight excluding hydrogens is 282 g/mol. The molecule has 2 rings (SSSR count). The molecular formula is C11H13N5O5. The molecule has 0 radical (unpaired) electrons. The van der Waals surface area contributed by atoms with E-state index >= 15 is 0 Å². The standard InChI is InChI=1S/C11H13N5O5/c1-20-11(19)7(6-17)12-9(18)5-16-14-10(13-15-16)8-3-2-4-21-8/h2-4,7,17H,5-6H2,1H3,(H,12,18). The van der Waals surface area contributed by atoms with Crippen LogP contribution in [0.4, 0.5) is 0 Å². The minimum Gasteiger partial charge on any atom is -0.467 e. The van der Waals surface area contributed by atoms with E-state index in [9.17, 15) is 9.59 Å². The number of rotatable bonds is 6. The van der Waals surface area contributed by atoms with Crippen LogP contribution in [0, 0.1) is 0 Å². The average molecular weight is 295 g/mol. The molecule has 2 N–H and O–H groups in total. The van der Waals surface area contributed by atoms with Crippen molar-refractivity contribution in [2.45, 2.75) is 12.6 Å². The fourth-order valence-electron chi connectivity index (χ4n) is 1.50. The molecule has 1 amide bonds. The van der Waals surface area contributed by atoms with E-state index in [1.807, 2.05) is 0 Å². The van der Waals surface area contributed by atoms with Gasteiger partial charge in [0, 0.05) is 0 Å². The van der Waals surface area contributed by atoms with Crippen LogP contribution in [0.2, 0.25) is 0 Å². The molecule has 0 fully saturated rings. The van der Waals surface area contributed by atoms with Crippen LogP contribution < -0.4 is 5.32 Å². The van der Waals surface area contributed by atoms with Crippen LogP contribution in [-0.4, -0.2) is 56.9 Å². The summed E-state index contributed by atoms with van der Waals surface area (Å²) in [7, 11) is 1.16.